The Labute approximate surface area is 83.9 Å². The summed E-state index contributed by atoms with van der Waals surface area (Å²) in [4.78, 5) is 0. The molecule has 1 atom stereocenters. The van der Waals surface area contributed by atoms with Crippen molar-refractivity contribution >= 4 is 5.69 Å². The van der Waals surface area contributed by atoms with Crippen molar-refractivity contribution in [1.82, 2.24) is 5.32 Å². The number of β-amino-alcohol motifs (C(OH)–C–C–N with tert-alkyl or cyclic N) is 1. The van der Waals surface area contributed by atoms with Gasteiger partial charge in [-0.3, -0.25) is 0 Å². The van der Waals surface area contributed by atoms with Gasteiger partial charge in [0.25, 0.3) is 0 Å². The summed E-state index contributed by atoms with van der Waals surface area (Å²) in [7, 11) is 0. The maximum atomic E-state index is 10.2. The van der Waals surface area contributed by atoms with E-state index in [-0.39, 0.29) is 0 Å². The number of hydrogen-bond donors (Lipinski definition) is 3. The lowest BCUT2D eigenvalue weighted by atomic mass is 9.93. The Morgan fingerprint density at radius 1 is 1.43 bits per heavy atom. The van der Waals surface area contributed by atoms with Crippen LogP contribution in [-0.4, -0.2) is 23.8 Å². The van der Waals surface area contributed by atoms with Crippen molar-refractivity contribution in [3.8, 4) is 0 Å². The van der Waals surface area contributed by atoms with Gasteiger partial charge >= 0.3 is 0 Å². The van der Waals surface area contributed by atoms with E-state index in [4.69, 9.17) is 5.73 Å². The minimum atomic E-state index is -0.602. The molecule has 14 heavy (non-hydrogen) atoms. The first-order valence-corrected chi connectivity index (χ1v) is 4.96. The van der Waals surface area contributed by atoms with Crippen LogP contribution in [0.25, 0.3) is 0 Å². The quantitative estimate of drug-likeness (QED) is 0.599. The van der Waals surface area contributed by atoms with Crippen LogP contribution in [0.3, 0.4) is 0 Å². The molecular weight excluding hydrogens is 176 g/mol. The number of anilines is 1. The van der Waals surface area contributed by atoms with Gasteiger partial charge in [0.05, 0.1) is 5.60 Å². The molecule has 3 heteroatoms. The Hall–Kier alpha value is -1.06. The fraction of sp³-hybridized carbons (Fsp3) is 0.455. The zero-order chi connectivity index (χ0) is 10.0. The summed E-state index contributed by atoms with van der Waals surface area (Å²) in [6.07, 6.45) is 1.45. The van der Waals surface area contributed by atoms with E-state index >= 15 is 0 Å². The molecule has 0 aromatic heterocycles. The standard InChI is InChI=1S/C11H16N2O/c12-10-4-2-1-3-9(10)7-11(14)5-6-13-8-11/h1-4,13-14H,5-8,12H2. The Kier molecular flexibility index (Phi) is 2.44. The summed E-state index contributed by atoms with van der Waals surface area (Å²) in [5, 5.41) is 13.3. The van der Waals surface area contributed by atoms with E-state index in [1.165, 1.54) is 0 Å². The van der Waals surface area contributed by atoms with Crippen LogP contribution in [0.2, 0.25) is 0 Å². The van der Waals surface area contributed by atoms with Gasteiger partial charge in [-0.2, -0.15) is 0 Å². The molecule has 1 aliphatic rings. The highest BCUT2D eigenvalue weighted by Crippen LogP contribution is 2.23. The minimum Gasteiger partial charge on any atom is -0.399 e. The van der Waals surface area contributed by atoms with Crippen LogP contribution in [0, 0.1) is 0 Å². The number of hydrogen-bond acceptors (Lipinski definition) is 3. The second-order valence-electron chi connectivity index (χ2n) is 4.03. The molecule has 1 fully saturated rings. The van der Waals surface area contributed by atoms with Gasteiger partial charge in [0.1, 0.15) is 0 Å². The highest BCUT2D eigenvalue weighted by atomic mass is 16.3. The van der Waals surface area contributed by atoms with Gasteiger partial charge in [0, 0.05) is 18.7 Å². The van der Waals surface area contributed by atoms with Crippen molar-refractivity contribution < 1.29 is 5.11 Å². The summed E-state index contributed by atoms with van der Waals surface area (Å²) in [6, 6.07) is 7.72. The lowest BCUT2D eigenvalue weighted by Gasteiger charge is -2.21. The fourth-order valence-electron chi connectivity index (χ4n) is 1.93. The highest BCUT2D eigenvalue weighted by molar-refractivity contribution is 5.47. The maximum absolute atomic E-state index is 10.2. The van der Waals surface area contributed by atoms with Crippen LogP contribution in [0.4, 0.5) is 5.69 Å². The largest absolute Gasteiger partial charge is 0.399 e. The minimum absolute atomic E-state index is 0.602. The first kappa shape index (κ1) is 9.49. The molecule has 1 unspecified atom stereocenters. The van der Waals surface area contributed by atoms with E-state index in [9.17, 15) is 5.11 Å². The summed E-state index contributed by atoms with van der Waals surface area (Å²) in [6.45, 7) is 1.56. The van der Waals surface area contributed by atoms with Gasteiger partial charge in [-0.15, -0.1) is 0 Å². The smallest absolute Gasteiger partial charge is 0.0824 e. The monoisotopic (exact) mass is 192 g/mol. The van der Waals surface area contributed by atoms with E-state index in [1.54, 1.807) is 0 Å². The van der Waals surface area contributed by atoms with Crippen molar-refractivity contribution in [3.05, 3.63) is 29.8 Å². The normalized spacial score (nSPS) is 26.6. The molecule has 4 N–H and O–H groups in total. The van der Waals surface area contributed by atoms with Gasteiger partial charge in [0.15, 0.2) is 0 Å². The molecule has 0 spiro atoms. The number of nitrogen functional groups attached to an aromatic ring is 1. The first-order chi connectivity index (χ1) is 6.70. The van der Waals surface area contributed by atoms with Crippen LogP contribution in [0.5, 0.6) is 0 Å². The zero-order valence-corrected chi connectivity index (χ0v) is 8.16. The van der Waals surface area contributed by atoms with Crippen molar-refractivity contribution in [2.24, 2.45) is 0 Å². The average molecular weight is 192 g/mol. The van der Waals surface area contributed by atoms with Crippen LogP contribution in [-0.2, 0) is 6.42 Å². The fourth-order valence-corrected chi connectivity index (χ4v) is 1.93. The number of para-hydroxylation sites is 1. The molecule has 1 aromatic rings. The topological polar surface area (TPSA) is 58.3 Å². The lowest BCUT2D eigenvalue weighted by molar-refractivity contribution is 0.0620. The van der Waals surface area contributed by atoms with Crippen molar-refractivity contribution in [2.75, 3.05) is 18.8 Å². The molecule has 1 heterocycles. The Morgan fingerprint density at radius 2 is 2.21 bits per heavy atom. The molecule has 1 saturated heterocycles. The molecule has 1 aliphatic heterocycles. The van der Waals surface area contributed by atoms with Crippen molar-refractivity contribution in [1.29, 1.82) is 0 Å². The summed E-state index contributed by atoms with van der Waals surface area (Å²) in [5.74, 6) is 0. The number of benzene rings is 1. The SMILES string of the molecule is Nc1ccccc1CC1(O)CCNC1. The predicted octanol–water partition coefficient (Wildman–Crippen LogP) is 0.536. The van der Waals surface area contributed by atoms with E-state index < -0.39 is 5.60 Å². The van der Waals surface area contributed by atoms with Gasteiger partial charge in [0.2, 0.25) is 0 Å². The third-order valence-corrected chi connectivity index (χ3v) is 2.80. The Bertz CT molecular complexity index is 319. The van der Waals surface area contributed by atoms with Gasteiger partial charge in [-0.25, -0.2) is 0 Å². The molecular formula is C11H16N2O. The summed E-state index contributed by atoms with van der Waals surface area (Å²) in [5.41, 5.74) is 7.04. The molecule has 3 nitrogen and oxygen atoms in total. The van der Waals surface area contributed by atoms with Crippen molar-refractivity contribution in [2.45, 2.75) is 18.4 Å². The lowest BCUT2D eigenvalue weighted by Crippen LogP contribution is -2.34. The molecule has 2 rings (SSSR count). The van der Waals surface area contributed by atoms with Crippen molar-refractivity contribution in [3.63, 3.8) is 0 Å². The zero-order valence-electron chi connectivity index (χ0n) is 8.16. The molecule has 0 radical (unpaired) electrons. The van der Waals surface area contributed by atoms with Gasteiger partial charge < -0.3 is 16.2 Å². The second kappa shape index (κ2) is 3.59. The Balaban J connectivity index is 2.14. The van der Waals surface area contributed by atoms with E-state index in [0.717, 1.165) is 24.2 Å². The van der Waals surface area contributed by atoms with Gasteiger partial charge in [-0.1, -0.05) is 18.2 Å². The summed E-state index contributed by atoms with van der Waals surface area (Å²) < 4.78 is 0. The Morgan fingerprint density at radius 3 is 2.86 bits per heavy atom. The number of nitrogens with one attached hydrogen (secondary N) is 1. The first-order valence-electron chi connectivity index (χ1n) is 4.96. The molecule has 76 valence electrons. The molecule has 1 aromatic carbocycles. The number of rotatable bonds is 2. The highest BCUT2D eigenvalue weighted by Gasteiger charge is 2.31. The van der Waals surface area contributed by atoms with Crippen LogP contribution < -0.4 is 11.1 Å². The van der Waals surface area contributed by atoms with Crippen LogP contribution in [0.15, 0.2) is 24.3 Å². The molecule has 0 amide bonds. The third-order valence-electron chi connectivity index (χ3n) is 2.80. The van der Waals surface area contributed by atoms with Crippen LogP contribution in [0.1, 0.15) is 12.0 Å². The van der Waals surface area contributed by atoms with E-state index in [0.29, 0.717) is 13.0 Å². The average Bonchev–Trinajstić information content (AvgIpc) is 2.57. The number of nitrogens with two attached hydrogens (primary N) is 1. The predicted molar refractivity (Wildman–Crippen MR) is 57.0 cm³/mol. The third kappa shape index (κ3) is 1.89. The molecule has 0 bridgehead atoms. The maximum Gasteiger partial charge on any atom is 0.0824 e. The number of aliphatic hydroxyl groups is 1. The second-order valence-corrected chi connectivity index (χ2v) is 4.03. The van der Waals surface area contributed by atoms with E-state index in [1.807, 2.05) is 24.3 Å². The summed E-state index contributed by atoms with van der Waals surface area (Å²) >= 11 is 0. The van der Waals surface area contributed by atoms with Crippen LogP contribution >= 0.6 is 0 Å². The molecule has 0 aliphatic carbocycles. The van der Waals surface area contributed by atoms with Gasteiger partial charge in [-0.05, 0) is 24.6 Å². The molecule has 0 saturated carbocycles. The van der Waals surface area contributed by atoms with E-state index in [2.05, 4.69) is 5.32 Å².